The Morgan fingerprint density at radius 1 is 1.07 bits per heavy atom. The maximum atomic E-state index is 13.4. The number of benzene rings is 2. The summed E-state index contributed by atoms with van der Waals surface area (Å²) >= 11 is 0. The summed E-state index contributed by atoms with van der Waals surface area (Å²) in [5.74, 6) is 0.830. The normalized spacial score (nSPS) is 13.7. The SMILES string of the molecule is CCN(CC)Cc1ccc(C(F)(F)F)cc1NC(=O)Nc1ccc(-c2cc(C3CC3)nc3c2c(N)nn3C)cc1. The second-order valence-corrected chi connectivity index (χ2v) is 10.1. The van der Waals surface area contributed by atoms with Gasteiger partial charge in [0.25, 0.3) is 0 Å². The van der Waals surface area contributed by atoms with Gasteiger partial charge in [0.2, 0.25) is 0 Å². The number of alkyl halides is 3. The largest absolute Gasteiger partial charge is 0.416 e. The molecule has 2 aromatic carbocycles. The van der Waals surface area contributed by atoms with E-state index in [0.29, 0.717) is 29.5 Å². The molecule has 8 nitrogen and oxygen atoms in total. The number of urea groups is 1. The van der Waals surface area contributed by atoms with Crippen molar-refractivity contribution in [3.05, 3.63) is 65.4 Å². The third kappa shape index (κ3) is 5.74. The average Bonchev–Trinajstić information content (AvgIpc) is 3.73. The zero-order valence-electron chi connectivity index (χ0n) is 22.6. The van der Waals surface area contributed by atoms with Crippen LogP contribution < -0.4 is 16.4 Å². The van der Waals surface area contributed by atoms with Crippen molar-refractivity contribution >= 4 is 34.3 Å². The van der Waals surface area contributed by atoms with E-state index in [-0.39, 0.29) is 5.69 Å². The highest BCUT2D eigenvalue weighted by molar-refractivity contribution is 6.02. The molecule has 4 aromatic rings. The number of carbonyl (C=O) groups excluding carboxylic acids is 1. The summed E-state index contributed by atoms with van der Waals surface area (Å²) in [4.78, 5) is 19.7. The highest BCUT2D eigenvalue weighted by Gasteiger charge is 2.31. The maximum absolute atomic E-state index is 13.4. The molecule has 5 rings (SSSR count). The third-order valence-electron chi connectivity index (χ3n) is 7.26. The summed E-state index contributed by atoms with van der Waals surface area (Å²) in [6.07, 6.45) is -2.32. The number of nitrogens with zero attached hydrogens (tertiary/aromatic N) is 4. The number of nitrogens with two attached hydrogens (primary N) is 1. The minimum Gasteiger partial charge on any atom is -0.382 e. The fraction of sp³-hybridized carbons (Fsp3) is 0.345. The van der Waals surface area contributed by atoms with E-state index in [1.54, 1.807) is 16.8 Å². The minimum absolute atomic E-state index is 0.120. The van der Waals surface area contributed by atoms with E-state index in [9.17, 15) is 18.0 Å². The molecule has 0 unspecified atom stereocenters. The van der Waals surface area contributed by atoms with E-state index in [0.717, 1.165) is 65.9 Å². The maximum Gasteiger partial charge on any atom is 0.416 e. The first-order chi connectivity index (χ1) is 19.1. The topological polar surface area (TPSA) is 101 Å². The molecule has 11 heteroatoms. The molecule has 2 heterocycles. The number of hydrogen-bond donors (Lipinski definition) is 3. The number of aromatic nitrogens is 3. The van der Waals surface area contributed by atoms with Gasteiger partial charge in [0, 0.05) is 36.6 Å². The van der Waals surface area contributed by atoms with Crippen molar-refractivity contribution in [3.63, 3.8) is 0 Å². The lowest BCUT2D eigenvalue weighted by Crippen LogP contribution is -2.25. The molecule has 0 atom stereocenters. The van der Waals surface area contributed by atoms with Gasteiger partial charge in [0.1, 0.15) is 0 Å². The molecule has 1 fully saturated rings. The molecule has 1 aliphatic rings. The lowest BCUT2D eigenvalue weighted by molar-refractivity contribution is -0.137. The summed E-state index contributed by atoms with van der Waals surface area (Å²) in [6, 6.07) is 12.1. The number of halogens is 3. The van der Waals surface area contributed by atoms with E-state index < -0.39 is 17.8 Å². The van der Waals surface area contributed by atoms with Gasteiger partial charge in [-0.3, -0.25) is 4.90 Å². The first-order valence-corrected chi connectivity index (χ1v) is 13.3. The summed E-state index contributed by atoms with van der Waals surface area (Å²) in [7, 11) is 1.82. The number of nitrogen functional groups attached to an aromatic ring is 1. The highest BCUT2D eigenvalue weighted by Crippen LogP contribution is 2.42. The predicted octanol–water partition coefficient (Wildman–Crippen LogP) is 6.60. The molecular weight excluding hydrogens is 519 g/mol. The Labute approximate surface area is 230 Å². The quantitative estimate of drug-likeness (QED) is 0.229. The smallest absolute Gasteiger partial charge is 0.382 e. The van der Waals surface area contributed by atoms with Gasteiger partial charge in [-0.1, -0.05) is 32.0 Å². The Balaban J connectivity index is 1.37. The van der Waals surface area contributed by atoms with Crippen LogP contribution in [0, 0.1) is 0 Å². The number of nitrogens with one attached hydrogen (secondary N) is 2. The number of anilines is 3. The lowest BCUT2D eigenvalue weighted by Gasteiger charge is -2.21. The zero-order valence-corrected chi connectivity index (χ0v) is 22.6. The Bertz CT molecular complexity index is 1540. The van der Waals surface area contributed by atoms with E-state index in [4.69, 9.17) is 10.7 Å². The van der Waals surface area contributed by atoms with Gasteiger partial charge in [-0.15, -0.1) is 0 Å². The molecular formula is C29H32F3N7O. The number of aryl methyl sites for hydroxylation is 1. The van der Waals surface area contributed by atoms with E-state index >= 15 is 0 Å². The summed E-state index contributed by atoms with van der Waals surface area (Å²) in [5, 5.41) is 10.5. The third-order valence-corrected chi connectivity index (χ3v) is 7.26. The van der Waals surface area contributed by atoms with Gasteiger partial charge >= 0.3 is 12.2 Å². The van der Waals surface area contributed by atoms with E-state index in [2.05, 4.69) is 26.7 Å². The van der Waals surface area contributed by atoms with Crippen LogP contribution in [0.4, 0.5) is 35.2 Å². The fourth-order valence-corrected chi connectivity index (χ4v) is 4.83. The number of fused-ring (bicyclic) bond motifs is 1. The minimum atomic E-state index is -4.52. The lowest BCUT2D eigenvalue weighted by atomic mass is 10.0. The molecule has 1 aliphatic carbocycles. The Morgan fingerprint density at radius 2 is 1.77 bits per heavy atom. The van der Waals surface area contributed by atoms with Gasteiger partial charge in [-0.25, -0.2) is 14.5 Å². The van der Waals surface area contributed by atoms with Crippen LogP contribution in [0.25, 0.3) is 22.2 Å². The summed E-state index contributed by atoms with van der Waals surface area (Å²) in [5.41, 5.74) is 10.1. The molecule has 0 aliphatic heterocycles. The molecule has 210 valence electrons. The van der Waals surface area contributed by atoms with E-state index in [1.807, 2.05) is 33.0 Å². The van der Waals surface area contributed by atoms with Crippen molar-refractivity contribution in [2.75, 3.05) is 29.5 Å². The number of rotatable bonds is 8. The average molecular weight is 552 g/mol. The molecule has 0 bridgehead atoms. The number of carbonyl (C=O) groups is 1. The standard InChI is InChI=1S/C29H32F3N7O/c1-4-39(5-2)16-19-8-11-20(29(30,31)32)14-23(19)36-28(40)34-21-12-9-17(10-13-21)22-15-24(18-6-7-18)35-27-25(22)26(33)37-38(27)3/h8-15,18H,4-7,16H2,1-3H3,(H2,33,37)(H2,34,36,40). The first kappa shape index (κ1) is 27.4. The molecule has 2 aromatic heterocycles. The Morgan fingerprint density at radius 3 is 2.40 bits per heavy atom. The highest BCUT2D eigenvalue weighted by atomic mass is 19.4. The second kappa shape index (κ2) is 10.8. The first-order valence-electron chi connectivity index (χ1n) is 13.3. The van der Waals surface area contributed by atoms with Crippen LogP contribution in [-0.4, -0.2) is 38.8 Å². The number of amides is 2. The van der Waals surface area contributed by atoms with Crippen LogP contribution in [-0.2, 0) is 19.8 Å². The predicted molar refractivity (Wildman–Crippen MR) is 151 cm³/mol. The van der Waals surface area contributed by atoms with Crippen LogP contribution in [0.5, 0.6) is 0 Å². The second-order valence-electron chi connectivity index (χ2n) is 10.1. The van der Waals surface area contributed by atoms with Gasteiger partial charge in [0.05, 0.1) is 10.9 Å². The van der Waals surface area contributed by atoms with Crippen molar-refractivity contribution in [1.29, 1.82) is 0 Å². The van der Waals surface area contributed by atoms with Crippen LogP contribution in [0.2, 0.25) is 0 Å². The molecule has 1 saturated carbocycles. The van der Waals surface area contributed by atoms with Crippen molar-refractivity contribution in [3.8, 4) is 11.1 Å². The van der Waals surface area contributed by atoms with Crippen molar-refractivity contribution in [1.82, 2.24) is 19.7 Å². The summed E-state index contributed by atoms with van der Waals surface area (Å²) < 4.78 is 41.9. The van der Waals surface area contributed by atoms with E-state index in [1.165, 1.54) is 6.07 Å². The fourth-order valence-electron chi connectivity index (χ4n) is 4.83. The molecule has 40 heavy (non-hydrogen) atoms. The monoisotopic (exact) mass is 551 g/mol. The molecule has 0 spiro atoms. The molecule has 4 N–H and O–H groups in total. The van der Waals surface area contributed by atoms with Crippen LogP contribution >= 0.6 is 0 Å². The van der Waals surface area contributed by atoms with Crippen molar-refractivity contribution < 1.29 is 18.0 Å². The number of hydrogen-bond acceptors (Lipinski definition) is 5. The number of pyridine rings is 1. The Hall–Kier alpha value is -4.12. The Kier molecular flexibility index (Phi) is 7.41. The molecule has 2 amide bonds. The van der Waals surface area contributed by atoms with Gasteiger partial charge in [-0.2, -0.15) is 18.3 Å². The summed E-state index contributed by atoms with van der Waals surface area (Å²) in [6.45, 7) is 5.82. The van der Waals surface area contributed by atoms with Crippen LogP contribution in [0.3, 0.4) is 0 Å². The van der Waals surface area contributed by atoms with Crippen LogP contribution in [0.1, 0.15) is 49.4 Å². The van der Waals surface area contributed by atoms with Gasteiger partial charge in [0.15, 0.2) is 11.5 Å². The van der Waals surface area contributed by atoms with Gasteiger partial charge < -0.3 is 16.4 Å². The molecule has 0 saturated heterocycles. The zero-order chi connectivity index (χ0) is 28.6. The van der Waals surface area contributed by atoms with Crippen molar-refractivity contribution in [2.45, 2.75) is 45.3 Å². The van der Waals surface area contributed by atoms with Crippen LogP contribution in [0.15, 0.2) is 48.5 Å². The van der Waals surface area contributed by atoms with Crippen molar-refractivity contribution in [2.24, 2.45) is 7.05 Å². The van der Waals surface area contributed by atoms with Gasteiger partial charge in [-0.05, 0) is 73.0 Å². The molecule has 0 radical (unpaired) electrons.